The number of carbonyl (C=O) groups excluding carboxylic acids is 2. The topological polar surface area (TPSA) is 71.5 Å². The summed E-state index contributed by atoms with van der Waals surface area (Å²) in [7, 11) is 0. The molecule has 3 rings (SSSR count). The highest BCUT2D eigenvalue weighted by molar-refractivity contribution is 8.01. The van der Waals surface area contributed by atoms with Gasteiger partial charge >= 0.3 is 0 Å². The number of thioether (sulfide) groups is 1. The van der Waals surface area contributed by atoms with E-state index >= 15 is 0 Å². The molecular formula is C20H31N3O3S2. The highest BCUT2D eigenvalue weighted by Crippen LogP contribution is 2.35. The Kier molecular flexibility index (Phi) is 8.17. The van der Waals surface area contributed by atoms with Crippen molar-refractivity contribution in [3.63, 3.8) is 0 Å². The lowest BCUT2D eigenvalue weighted by molar-refractivity contribution is -0.139. The first kappa shape index (κ1) is 21.6. The third-order valence-electron chi connectivity index (χ3n) is 5.53. The molecule has 2 aliphatic rings. The van der Waals surface area contributed by atoms with Gasteiger partial charge in [0.25, 0.3) is 0 Å². The van der Waals surface area contributed by atoms with Gasteiger partial charge in [-0.2, -0.15) is 0 Å². The number of aromatic nitrogens is 1. The van der Waals surface area contributed by atoms with Crippen LogP contribution < -0.4 is 5.32 Å². The maximum Gasteiger partial charge on any atom is 0.248 e. The zero-order chi connectivity index (χ0) is 19.9. The molecule has 2 amide bonds. The molecule has 6 nitrogen and oxygen atoms in total. The van der Waals surface area contributed by atoms with Gasteiger partial charge in [-0.3, -0.25) is 9.59 Å². The van der Waals surface area contributed by atoms with Crippen LogP contribution in [0, 0.1) is 12.8 Å². The summed E-state index contributed by atoms with van der Waals surface area (Å²) in [6.45, 7) is 5.92. The summed E-state index contributed by atoms with van der Waals surface area (Å²) in [6, 6.07) is 0.292. The van der Waals surface area contributed by atoms with Gasteiger partial charge in [0.2, 0.25) is 11.8 Å². The van der Waals surface area contributed by atoms with Crippen LogP contribution in [-0.4, -0.2) is 59.3 Å². The number of ether oxygens (including phenoxy) is 1. The van der Waals surface area contributed by atoms with Crippen LogP contribution in [-0.2, 0) is 14.3 Å². The molecule has 0 radical (unpaired) electrons. The zero-order valence-electron chi connectivity index (χ0n) is 16.8. The van der Waals surface area contributed by atoms with E-state index in [2.05, 4.69) is 15.7 Å². The molecule has 0 unspecified atom stereocenters. The summed E-state index contributed by atoms with van der Waals surface area (Å²) in [5.74, 6) is 0.233. The van der Waals surface area contributed by atoms with Gasteiger partial charge in [0.05, 0.1) is 0 Å². The monoisotopic (exact) mass is 425 g/mol. The van der Waals surface area contributed by atoms with Gasteiger partial charge < -0.3 is 15.0 Å². The Hall–Kier alpha value is -1.12. The van der Waals surface area contributed by atoms with Crippen LogP contribution in [0.3, 0.4) is 0 Å². The smallest absolute Gasteiger partial charge is 0.248 e. The minimum Gasteiger partial charge on any atom is -0.372 e. The number of piperidine rings is 1. The molecule has 1 saturated carbocycles. The number of nitrogens with one attached hydrogen (secondary N) is 1. The highest BCUT2D eigenvalue weighted by atomic mass is 32.2. The first-order valence-electron chi connectivity index (χ1n) is 10.3. The van der Waals surface area contributed by atoms with Crippen molar-refractivity contribution in [2.45, 2.75) is 68.0 Å². The van der Waals surface area contributed by atoms with Crippen LogP contribution in [0.2, 0.25) is 0 Å². The number of thiazole rings is 1. The van der Waals surface area contributed by atoms with Gasteiger partial charge in [0, 0.05) is 48.0 Å². The molecule has 0 aromatic carbocycles. The Morgan fingerprint density at radius 3 is 2.57 bits per heavy atom. The Morgan fingerprint density at radius 2 is 1.96 bits per heavy atom. The van der Waals surface area contributed by atoms with Crippen LogP contribution in [0.5, 0.6) is 0 Å². The van der Waals surface area contributed by atoms with Crippen LogP contribution in [0.25, 0.3) is 0 Å². The largest absolute Gasteiger partial charge is 0.372 e. The van der Waals surface area contributed by atoms with Gasteiger partial charge in [-0.1, -0.05) is 11.8 Å². The number of rotatable bonds is 7. The quantitative estimate of drug-likeness (QED) is 0.726. The number of hydrogen-bond donors (Lipinski definition) is 1. The minimum atomic E-state index is 0.0292. The summed E-state index contributed by atoms with van der Waals surface area (Å²) in [5, 5.41) is 5.98. The Labute approximate surface area is 175 Å². The van der Waals surface area contributed by atoms with E-state index in [1.807, 2.05) is 30.5 Å². The summed E-state index contributed by atoms with van der Waals surface area (Å²) < 4.78 is 6.36. The second-order valence-corrected chi connectivity index (χ2v) is 10.1. The molecule has 1 aromatic heterocycles. The number of carbonyl (C=O) groups is 2. The molecule has 156 valence electrons. The Morgan fingerprint density at radius 1 is 1.25 bits per heavy atom. The van der Waals surface area contributed by atoms with E-state index in [4.69, 9.17) is 4.74 Å². The van der Waals surface area contributed by atoms with Crippen LogP contribution in [0.15, 0.2) is 9.72 Å². The number of amides is 2. The van der Waals surface area contributed by atoms with Crippen molar-refractivity contribution in [2.75, 3.05) is 26.3 Å². The molecule has 1 N–H and O–H groups in total. The standard InChI is InChI=1S/C20H31N3O3S2/c1-3-26-12-18(24)23-10-8-15(9-11-23)19(25)22-16-4-6-17(7-5-16)28-20-21-14(2)13-27-20/h13,15-17H,3-12H2,1-2H3,(H,22,25). The van der Waals surface area contributed by atoms with Crippen LogP contribution in [0.4, 0.5) is 0 Å². The van der Waals surface area contributed by atoms with Crippen molar-refractivity contribution in [3.05, 3.63) is 11.1 Å². The van der Waals surface area contributed by atoms with Crippen molar-refractivity contribution in [1.82, 2.24) is 15.2 Å². The summed E-state index contributed by atoms with van der Waals surface area (Å²) in [5.41, 5.74) is 1.10. The average Bonchev–Trinajstić information content (AvgIpc) is 3.12. The predicted molar refractivity (Wildman–Crippen MR) is 113 cm³/mol. The van der Waals surface area contributed by atoms with Crippen molar-refractivity contribution in [2.24, 2.45) is 5.92 Å². The Bertz CT molecular complexity index is 651. The molecule has 2 heterocycles. The Balaban J connectivity index is 1.35. The summed E-state index contributed by atoms with van der Waals surface area (Å²) in [6.07, 6.45) is 5.83. The SMILES string of the molecule is CCOCC(=O)N1CCC(C(=O)NC2CCC(Sc3nc(C)cs3)CC2)CC1. The van der Waals surface area contributed by atoms with Gasteiger partial charge in [0.15, 0.2) is 0 Å². The van der Waals surface area contributed by atoms with E-state index in [9.17, 15) is 9.59 Å². The highest BCUT2D eigenvalue weighted by Gasteiger charge is 2.30. The van der Waals surface area contributed by atoms with E-state index in [0.29, 0.717) is 31.0 Å². The van der Waals surface area contributed by atoms with Crippen LogP contribution in [0.1, 0.15) is 51.1 Å². The fraction of sp³-hybridized carbons (Fsp3) is 0.750. The van der Waals surface area contributed by atoms with E-state index in [1.165, 1.54) is 0 Å². The van der Waals surface area contributed by atoms with Gasteiger partial charge in [-0.05, 0) is 52.4 Å². The molecule has 0 bridgehead atoms. The molecule has 1 aromatic rings. The predicted octanol–water partition coefficient (Wildman–Crippen LogP) is 3.25. The lowest BCUT2D eigenvalue weighted by Crippen LogP contribution is -2.46. The molecule has 2 fully saturated rings. The van der Waals surface area contributed by atoms with Crippen molar-refractivity contribution < 1.29 is 14.3 Å². The molecule has 0 atom stereocenters. The fourth-order valence-corrected chi connectivity index (χ4v) is 6.13. The molecule has 0 spiro atoms. The van der Waals surface area contributed by atoms with Gasteiger partial charge in [-0.25, -0.2) is 4.98 Å². The molecule has 1 aliphatic carbocycles. The second kappa shape index (κ2) is 10.6. The normalized spacial score (nSPS) is 23.6. The van der Waals surface area contributed by atoms with Gasteiger partial charge in [0.1, 0.15) is 10.9 Å². The van der Waals surface area contributed by atoms with Crippen molar-refractivity contribution >= 4 is 34.9 Å². The van der Waals surface area contributed by atoms with E-state index < -0.39 is 0 Å². The van der Waals surface area contributed by atoms with E-state index in [1.54, 1.807) is 11.3 Å². The number of likely N-dealkylation sites (tertiary alicyclic amines) is 1. The van der Waals surface area contributed by atoms with Crippen molar-refractivity contribution in [3.8, 4) is 0 Å². The second-order valence-electron chi connectivity index (χ2n) is 7.65. The average molecular weight is 426 g/mol. The maximum atomic E-state index is 12.6. The fourth-order valence-electron chi connectivity index (χ4n) is 3.84. The minimum absolute atomic E-state index is 0.0292. The molecule has 1 aliphatic heterocycles. The first-order chi connectivity index (χ1) is 13.5. The van der Waals surface area contributed by atoms with Crippen LogP contribution >= 0.6 is 23.1 Å². The lowest BCUT2D eigenvalue weighted by Gasteiger charge is -2.33. The van der Waals surface area contributed by atoms with E-state index in [-0.39, 0.29) is 24.3 Å². The number of hydrogen-bond acceptors (Lipinski definition) is 6. The van der Waals surface area contributed by atoms with Gasteiger partial charge in [-0.15, -0.1) is 11.3 Å². The number of aryl methyl sites for hydroxylation is 1. The summed E-state index contributed by atoms with van der Waals surface area (Å²) in [4.78, 5) is 31.0. The summed E-state index contributed by atoms with van der Waals surface area (Å²) >= 11 is 3.62. The number of nitrogens with zero attached hydrogens (tertiary/aromatic N) is 2. The molecule has 1 saturated heterocycles. The van der Waals surface area contributed by atoms with E-state index in [0.717, 1.165) is 48.6 Å². The molecular weight excluding hydrogens is 394 g/mol. The lowest BCUT2D eigenvalue weighted by atomic mass is 9.92. The maximum absolute atomic E-state index is 12.6. The molecule has 28 heavy (non-hydrogen) atoms. The third kappa shape index (κ3) is 6.19. The first-order valence-corrected chi connectivity index (χ1v) is 12.1. The molecule has 8 heteroatoms. The van der Waals surface area contributed by atoms with Crippen molar-refractivity contribution in [1.29, 1.82) is 0 Å². The third-order valence-corrected chi connectivity index (χ3v) is 7.96. The zero-order valence-corrected chi connectivity index (χ0v) is 18.4.